The van der Waals surface area contributed by atoms with Crippen LogP contribution in [0.15, 0.2) is 64.7 Å². The molecule has 0 aromatic heterocycles. The van der Waals surface area contributed by atoms with Crippen molar-refractivity contribution in [3.05, 3.63) is 71.5 Å². The lowest BCUT2D eigenvalue weighted by Crippen LogP contribution is -2.72. The second-order valence-corrected chi connectivity index (χ2v) is 6.31. The minimum Gasteiger partial charge on any atom is -0.328 e. The average molecular weight is 369 g/mol. The Morgan fingerprint density at radius 1 is 1.07 bits per heavy atom. The molecule has 7 nitrogen and oxygen atoms in total. The summed E-state index contributed by atoms with van der Waals surface area (Å²) in [4.78, 5) is 6.57. The molecule has 1 aliphatic rings. The number of nitrogens with one attached hydrogen (secondary N) is 4. The predicted octanol–water partition coefficient (Wildman–Crippen LogP) is 1.22. The first-order valence-electron chi connectivity index (χ1n) is 8.69. The van der Waals surface area contributed by atoms with Crippen molar-refractivity contribution in [1.29, 1.82) is 0 Å². The Labute approximate surface area is 158 Å². The molecule has 0 amide bonds. The second kappa shape index (κ2) is 9.11. The molecule has 1 fully saturated rings. The van der Waals surface area contributed by atoms with Gasteiger partial charge >= 0.3 is 0 Å². The van der Waals surface area contributed by atoms with E-state index >= 15 is 0 Å². The summed E-state index contributed by atoms with van der Waals surface area (Å²) in [5.41, 5.74) is 4.48. The zero-order valence-electron chi connectivity index (χ0n) is 15.4. The highest BCUT2D eigenvalue weighted by molar-refractivity contribution is 5.81. The molecule has 142 valence electrons. The molecule has 2 atom stereocenters. The van der Waals surface area contributed by atoms with Crippen LogP contribution in [0.4, 0.5) is 4.39 Å². The van der Waals surface area contributed by atoms with E-state index in [-0.39, 0.29) is 18.4 Å². The fraction of sp³-hybridized carbons (Fsp3) is 0.263. The summed E-state index contributed by atoms with van der Waals surface area (Å²) < 4.78 is 13.7. The Bertz CT molecular complexity index is 792. The summed E-state index contributed by atoms with van der Waals surface area (Å²) in [5, 5.41) is 13.9. The van der Waals surface area contributed by atoms with E-state index in [2.05, 4.69) is 31.5 Å². The SMILES string of the molecule is CN(C)C1NC(=NCc2ccccc2)NC(N/N=C/c2ccccc2F)N1. The van der Waals surface area contributed by atoms with Gasteiger partial charge in [-0.15, -0.1) is 0 Å². The van der Waals surface area contributed by atoms with Gasteiger partial charge in [0.05, 0.1) is 12.8 Å². The monoisotopic (exact) mass is 369 g/mol. The minimum atomic E-state index is -0.365. The summed E-state index contributed by atoms with van der Waals surface area (Å²) in [7, 11) is 3.90. The van der Waals surface area contributed by atoms with Crippen LogP contribution in [0.1, 0.15) is 11.1 Å². The number of hydrazone groups is 1. The molecule has 0 spiro atoms. The van der Waals surface area contributed by atoms with Crippen molar-refractivity contribution in [1.82, 2.24) is 26.3 Å². The van der Waals surface area contributed by atoms with Crippen LogP contribution in [-0.4, -0.2) is 43.7 Å². The lowest BCUT2D eigenvalue weighted by molar-refractivity contribution is 0.169. The number of guanidine groups is 1. The topological polar surface area (TPSA) is 76.1 Å². The van der Waals surface area contributed by atoms with Crippen molar-refractivity contribution in [2.24, 2.45) is 10.1 Å². The first-order chi connectivity index (χ1) is 13.1. The average Bonchev–Trinajstić information content (AvgIpc) is 2.68. The van der Waals surface area contributed by atoms with Crippen molar-refractivity contribution >= 4 is 12.2 Å². The van der Waals surface area contributed by atoms with Gasteiger partial charge in [0.15, 0.2) is 12.2 Å². The van der Waals surface area contributed by atoms with Crippen LogP contribution < -0.4 is 21.4 Å². The summed E-state index contributed by atoms with van der Waals surface area (Å²) >= 11 is 0. The van der Waals surface area contributed by atoms with Gasteiger partial charge in [-0.2, -0.15) is 5.10 Å². The van der Waals surface area contributed by atoms with Gasteiger partial charge in [-0.3, -0.25) is 10.3 Å². The molecule has 0 bridgehead atoms. The highest BCUT2D eigenvalue weighted by Crippen LogP contribution is 2.03. The van der Waals surface area contributed by atoms with E-state index in [1.54, 1.807) is 18.2 Å². The quantitative estimate of drug-likeness (QED) is 0.455. The molecule has 27 heavy (non-hydrogen) atoms. The molecule has 8 heteroatoms. The number of hydrogen-bond acceptors (Lipinski definition) is 5. The molecular formula is C19H24FN7. The van der Waals surface area contributed by atoms with E-state index in [4.69, 9.17) is 0 Å². The maximum atomic E-state index is 13.7. The van der Waals surface area contributed by atoms with Gasteiger partial charge in [-0.1, -0.05) is 48.5 Å². The fourth-order valence-corrected chi connectivity index (χ4v) is 2.50. The molecule has 0 radical (unpaired) electrons. The van der Waals surface area contributed by atoms with Crippen molar-refractivity contribution in [2.75, 3.05) is 14.1 Å². The molecule has 0 saturated carbocycles. The first kappa shape index (κ1) is 18.8. The zero-order chi connectivity index (χ0) is 19.1. The van der Waals surface area contributed by atoms with Crippen LogP contribution in [0, 0.1) is 5.82 Å². The minimum absolute atomic E-state index is 0.137. The molecule has 4 N–H and O–H groups in total. The van der Waals surface area contributed by atoms with Crippen molar-refractivity contribution in [2.45, 2.75) is 19.1 Å². The van der Waals surface area contributed by atoms with Crippen LogP contribution in [-0.2, 0) is 6.54 Å². The van der Waals surface area contributed by atoms with Gasteiger partial charge in [0.2, 0.25) is 0 Å². The third kappa shape index (κ3) is 5.50. The molecule has 3 rings (SSSR count). The molecule has 2 aromatic rings. The number of aliphatic imine (C=N–C) groups is 1. The van der Waals surface area contributed by atoms with Crippen LogP contribution >= 0.6 is 0 Å². The highest BCUT2D eigenvalue weighted by atomic mass is 19.1. The van der Waals surface area contributed by atoms with E-state index in [1.165, 1.54) is 12.3 Å². The summed E-state index contributed by atoms with van der Waals surface area (Å²) in [6.45, 7) is 0.557. The first-order valence-corrected chi connectivity index (χ1v) is 8.69. The van der Waals surface area contributed by atoms with Crippen LogP contribution in [0.2, 0.25) is 0 Å². The maximum absolute atomic E-state index is 13.7. The van der Waals surface area contributed by atoms with Gasteiger partial charge < -0.3 is 10.6 Å². The lowest BCUT2D eigenvalue weighted by Gasteiger charge is -2.37. The molecule has 0 aliphatic carbocycles. The third-order valence-corrected chi connectivity index (χ3v) is 3.97. The van der Waals surface area contributed by atoms with Gasteiger partial charge in [0.25, 0.3) is 0 Å². The molecular weight excluding hydrogens is 345 g/mol. The molecule has 1 saturated heterocycles. The van der Waals surface area contributed by atoms with Crippen LogP contribution in [0.25, 0.3) is 0 Å². The smallest absolute Gasteiger partial charge is 0.196 e. The lowest BCUT2D eigenvalue weighted by atomic mass is 10.2. The number of benzene rings is 2. The zero-order valence-corrected chi connectivity index (χ0v) is 15.4. The normalized spacial score (nSPS) is 21.3. The van der Waals surface area contributed by atoms with E-state index in [1.807, 2.05) is 49.3 Å². The van der Waals surface area contributed by atoms with Crippen molar-refractivity contribution in [3.63, 3.8) is 0 Å². The number of rotatable bonds is 6. The van der Waals surface area contributed by atoms with Gasteiger partial charge in [-0.25, -0.2) is 14.7 Å². The van der Waals surface area contributed by atoms with E-state index < -0.39 is 0 Å². The number of hydrogen-bond donors (Lipinski definition) is 4. The van der Waals surface area contributed by atoms with Crippen molar-refractivity contribution in [3.8, 4) is 0 Å². The Morgan fingerprint density at radius 3 is 2.56 bits per heavy atom. The Kier molecular flexibility index (Phi) is 6.35. The van der Waals surface area contributed by atoms with E-state index in [0.29, 0.717) is 18.1 Å². The molecule has 2 aromatic carbocycles. The summed E-state index contributed by atoms with van der Waals surface area (Å²) in [6, 6.07) is 16.5. The van der Waals surface area contributed by atoms with Gasteiger partial charge in [0.1, 0.15) is 12.1 Å². The Morgan fingerprint density at radius 2 is 1.81 bits per heavy atom. The molecule has 1 aliphatic heterocycles. The van der Waals surface area contributed by atoms with E-state index in [9.17, 15) is 4.39 Å². The summed E-state index contributed by atoms with van der Waals surface area (Å²) in [5.74, 6) is 0.334. The highest BCUT2D eigenvalue weighted by Gasteiger charge is 2.24. The second-order valence-electron chi connectivity index (χ2n) is 6.31. The van der Waals surface area contributed by atoms with Crippen molar-refractivity contribution < 1.29 is 4.39 Å². The van der Waals surface area contributed by atoms with Gasteiger partial charge in [0, 0.05) is 5.56 Å². The number of nitrogens with zero attached hydrogens (tertiary/aromatic N) is 3. The maximum Gasteiger partial charge on any atom is 0.196 e. The Balaban J connectivity index is 1.64. The Hall–Kier alpha value is -2.97. The van der Waals surface area contributed by atoms with Gasteiger partial charge in [-0.05, 0) is 25.7 Å². The largest absolute Gasteiger partial charge is 0.328 e. The standard InChI is InChI=1S/C19H24FN7/c1-27(2)19-24-17(21-12-14-8-4-3-5-9-14)23-18(25-19)26-22-13-15-10-6-7-11-16(15)20/h3-11,13,18-19,25-26H,12H2,1-2H3,(H2,21,23,24)/b22-13+. The van der Waals surface area contributed by atoms with E-state index in [0.717, 1.165) is 5.56 Å². The van der Waals surface area contributed by atoms with Crippen LogP contribution in [0.3, 0.4) is 0 Å². The van der Waals surface area contributed by atoms with Crippen LogP contribution in [0.5, 0.6) is 0 Å². The molecule has 2 unspecified atom stereocenters. The predicted molar refractivity (Wildman–Crippen MR) is 105 cm³/mol. The summed E-state index contributed by atoms with van der Waals surface area (Å²) in [6.07, 6.45) is 0.949. The number of halogens is 1. The molecule has 1 heterocycles. The third-order valence-electron chi connectivity index (χ3n) is 3.97. The fourth-order valence-electron chi connectivity index (χ4n) is 2.50.